The van der Waals surface area contributed by atoms with Gasteiger partial charge in [-0.2, -0.15) is 26.3 Å². The van der Waals surface area contributed by atoms with Crippen LogP contribution in [0.4, 0.5) is 26.3 Å². The second-order valence-electron chi connectivity index (χ2n) is 4.01. The third kappa shape index (κ3) is 4.22. The van der Waals surface area contributed by atoms with Crippen molar-refractivity contribution < 1.29 is 26.3 Å². The van der Waals surface area contributed by atoms with Gasteiger partial charge in [0.1, 0.15) is 0 Å². The molecule has 1 aromatic heterocycles. The van der Waals surface area contributed by atoms with Gasteiger partial charge in [0, 0.05) is 18.4 Å². The Morgan fingerprint density at radius 1 is 1.20 bits per heavy atom. The topological polar surface area (TPSA) is 50.9 Å². The van der Waals surface area contributed by atoms with Gasteiger partial charge in [-0.1, -0.05) is 11.6 Å². The SMILES string of the molecule is NNC(Cc1ccncc1Cl)C(C(F)(F)F)C(F)(F)F. The van der Waals surface area contributed by atoms with E-state index < -0.39 is 30.7 Å². The number of nitrogens with one attached hydrogen (secondary N) is 1. The second kappa shape index (κ2) is 6.15. The lowest BCUT2D eigenvalue weighted by molar-refractivity contribution is -0.291. The van der Waals surface area contributed by atoms with Crippen molar-refractivity contribution in [2.45, 2.75) is 24.8 Å². The summed E-state index contributed by atoms with van der Waals surface area (Å²) >= 11 is 5.66. The van der Waals surface area contributed by atoms with Crippen LogP contribution in [0.5, 0.6) is 0 Å². The average molecular weight is 322 g/mol. The number of pyridine rings is 1. The van der Waals surface area contributed by atoms with E-state index in [1.54, 1.807) is 5.43 Å². The van der Waals surface area contributed by atoms with Gasteiger partial charge in [-0.05, 0) is 18.1 Å². The largest absolute Gasteiger partial charge is 0.402 e. The summed E-state index contributed by atoms with van der Waals surface area (Å²) in [4.78, 5) is 3.59. The normalized spacial score (nSPS) is 14.7. The van der Waals surface area contributed by atoms with E-state index in [-0.39, 0.29) is 10.6 Å². The monoisotopic (exact) mass is 321 g/mol. The van der Waals surface area contributed by atoms with Gasteiger partial charge < -0.3 is 0 Å². The molecule has 0 saturated carbocycles. The highest BCUT2D eigenvalue weighted by Gasteiger charge is 2.60. The van der Waals surface area contributed by atoms with E-state index >= 15 is 0 Å². The Labute approximate surface area is 115 Å². The molecule has 3 N–H and O–H groups in total. The number of nitrogens with two attached hydrogens (primary N) is 1. The Kier molecular flexibility index (Phi) is 5.22. The number of halogens is 7. The van der Waals surface area contributed by atoms with Crippen LogP contribution in [0.1, 0.15) is 5.56 Å². The number of aromatic nitrogens is 1. The van der Waals surface area contributed by atoms with Gasteiger partial charge in [0.25, 0.3) is 0 Å². The first-order chi connectivity index (χ1) is 9.07. The van der Waals surface area contributed by atoms with Gasteiger partial charge in [0.2, 0.25) is 0 Å². The van der Waals surface area contributed by atoms with E-state index in [4.69, 9.17) is 17.4 Å². The summed E-state index contributed by atoms with van der Waals surface area (Å²) in [5, 5.41) is -0.0316. The number of alkyl halides is 6. The van der Waals surface area contributed by atoms with Crippen molar-refractivity contribution in [1.29, 1.82) is 0 Å². The summed E-state index contributed by atoms with van der Waals surface area (Å²) < 4.78 is 75.6. The van der Waals surface area contributed by atoms with Gasteiger partial charge in [0.05, 0.1) is 5.02 Å². The van der Waals surface area contributed by atoms with Crippen molar-refractivity contribution in [3.63, 3.8) is 0 Å². The lowest BCUT2D eigenvalue weighted by Gasteiger charge is -2.30. The van der Waals surface area contributed by atoms with E-state index in [1.807, 2.05) is 0 Å². The Morgan fingerprint density at radius 3 is 2.15 bits per heavy atom. The molecule has 3 nitrogen and oxygen atoms in total. The summed E-state index contributed by atoms with van der Waals surface area (Å²) in [5.41, 5.74) is 1.66. The van der Waals surface area contributed by atoms with Gasteiger partial charge >= 0.3 is 12.4 Å². The molecule has 10 heteroatoms. The highest BCUT2D eigenvalue weighted by molar-refractivity contribution is 6.31. The van der Waals surface area contributed by atoms with Crippen molar-refractivity contribution in [2.24, 2.45) is 11.8 Å². The third-order valence-corrected chi connectivity index (χ3v) is 2.96. The molecule has 0 aliphatic carbocycles. The maximum absolute atomic E-state index is 12.6. The molecule has 0 saturated heterocycles. The molecule has 1 atom stereocenters. The number of hydrogen-bond acceptors (Lipinski definition) is 3. The van der Waals surface area contributed by atoms with E-state index in [2.05, 4.69) is 4.98 Å². The smallest absolute Gasteiger partial charge is 0.271 e. The quantitative estimate of drug-likeness (QED) is 0.509. The molecule has 1 unspecified atom stereocenters. The fourth-order valence-corrected chi connectivity index (χ4v) is 1.92. The van der Waals surface area contributed by atoms with Gasteiger partial charge in [-0.3, -0.25) is 16.3 Å². The molecule has 0 bridgehead atoms. The van der Waals surface area contributed by atoms with Crippen LogP contribution in [0.25, 0.3) is 0 Å². The standard InChI is InChI=1S/C10H10ClF6N3/c11-6-4-19-2-1-5(6)3-7(20-18)8(9(12,13)14)10(15,16)17/h1-2,4,7-8,20H,3,18H2. The highest BCUT2D eigenvalue weighted by atomic mass is 35.5. The van der Waals surface area contributed by atoms with Crippen molar-refractivity contribution in [1.82, 2.24) is 10.4 Å². The fraction of sp³-hybridized carbons (Fsp3) is 0.500. The predicted molar refractivity (Wildman–Crippen MR) is 59.7 cm³/mol. The Hall–Kier alpha value is -1.06. The van der Waals surface area contributed by atoms with Crippen LogP contribution >= 0.6 is 11.6 Å². The maximum Gasteiger partial charge on any atom is 0.402 e. The van der Waals surface area contributed by atoms with Crippen LogP contribution in [0.3, 0.4) is 0 Å². The van der Waals surface area contributed by atoms with Crippen molar-refractivity contribution in [3.8, 4) is 0 Å². The summed E-state index contributed by atoms with van der Waals surface area (Å²) in [5.74, 6) is 1.26. The minimum Gasteiger partial charge on any atom is -0.271 e. The van der Waals surface area contributed by atoms with E-state index in [0.717, 1.165) is 6.20 Å². The lowest BCUT2D eigenvalue weighted by Crippen LogP contribution is -2.54. The second-order valence-corrected chi connectivity index (χ2v) is 4.41. The minimum atomic E-state index is -5.48. The predicted octanol–water partition coefficient (Wildman–Crippen LogP) is 2.85. The van der Waals surface area contributed by atoms with Crippen molar-refractivity contribution in [2.75, 3.05) is 0 Å². The van der Waals surface area contributed by atoms with Crippen LogP contribution in [-0.4, -0.2) is 23.4 Å². The zero-order valence-corrected chi connectivity index (χ0v) is 10.5. The summed E-state index contributed by atoms with van der Waals surface area (Å²) in [7, 11) is 0. The first-order valence-corrected chi connectivity index (χ1v) is 5.63. The average Bonchev–Trinajstić information content (AvgIpc) is 2.27. The Morgan fingerprint density at radius 2 is 1.75 bits per heavy atom. The van der Waals surface area contributed by atoms with Crippen LogP contribution in [0, 0.1) is 5.92 Å². The minimum absolute atomic E-state index is 0.0316. The molecule has 0 amide bonds. The first-order valence-electron chi connectivity index (χ1n) is 5.25. The van der Waals surface area contributed by atoms with E-state index in [1.165, 1.54) is 12.3 Å². The van der Waals surface area contributed by atoms with E-state index in [9.17, 15) is 26.3 Å². The van der Waals surface area contributed by atoms with Crippen LogP contribution in [0.15, 0.2) is 18.5 Å². The molecule has 1 rings (SSSR count). The number of rotatable bonds is 4. The maximum atomic E-state index is 12.6. The molecule has 0 aromatic carbocycles. The zero-order chi connectivity index (χ0) is 15.6. The Bertz CT molecular complexity index is 433. The summed E-state index contributed by atoms with van der Waals surface area (Å²) in [6, 6.07) is -0.855. The van der Waals surface area contributed by atoms with Crippen molar-refractivity contribution in [3.05, 3.63) is 29.0 Å². The first kappa shape index (κ1) is 17.0. The molecular formula is C10H10ClF6N3. The van der Waals surface area contributed by atoms with Crippen LogP contribution < -0.4 is 11.3 Å². The fourth-order valence-electron chi connectivity index (χ4n) is 1.72. The van der Waals surface area contributed by atoms with Gasteiger partial charge in [-0.15, -0.1) is 0 Å². The van der Waals surface area contributed by atoms with E-state index in [0.29, 0.717) is 0 Å². The van der Waals surface area contributed by atoms with Gasteiger partial charge in [0.15, 0.2) is 5.92 Å². The molecule has 114 valence electrons. The van der Waals surface area contributed by atoms with Crippen LogP contribution in [0.2, 0.25) is 5.02 Å². The molecule has 20 heavy (non-hydrogen) atoms. The number of hydrogen-bond donors (Lipinski definition) is 2. The molecular weight excluding hydrogens is 312 g/mol. The number of hydrazine groups is 1. The molecule has 0 spiro atoms. The highest BCUT2D eigenvalue weighted by Crippen LogP contribution is 2.42. The van der Waals surface area contributed by atoms with Crippen LogP contribution in [-0.2, 0) is 6.42 Å². The van der Waals surface area contributed by atoms with Crippen molar-refractivity contribution >= 4 is 11.6 Å². The number of nitrogens with zero attached hydrogens (tertiary/aromatic N) is 1. The lowest BCUT2D eigenvalue weighted by atomic mass is 9.93. The Balaban J connectivity index is 3.07. The third-order valence-electron chi connectivity index (χ3n) is 2.62. The molecule has 0 aliphatic rings. The summed E-state index contributed by atoms with van der Waals surface area (Å²) in [6.45, 7) is 0. The molecule has 1 heterocycles. The molecule has 0 fully saturated rings. The zero-order valence-electron chi connectivity index (χ0n) is 9.76. The van der Waals surface area contributed by atoms with Gasteiger partial charge in [-0.25, -0.2) is 0 Å². The summed E-state index contributed by atoms with van der Waals surface area (Å²) in [6.07, 6.45) is -9.25. The molecule has 1 aromatic rings. The molecule has 0 radical (unpaired) electrons. The molecule has 0 aliphatic heterocycles.